The molecular weight excluding hydrogens is 332 g/mol. The van der Waals surface area contributed by atoms with Gasteiger partial charge >= 0.3 is 6.55 Å². The summed E-state index contributed by atoms with van der Waals surface area (Å²) in [4.78, 5) is 16.2. The number of nitrogens with zero attached hydrogens (tertiary/aromatic N) is 3. The number of amides is 1. The summed E-state index contributed by atoms with van der Waals surface area (Å²) in [7, 11) is 0. The second-order valence-corrected chi connectivity index (χ2v) is 5.58. The Balaban J connectivity index is 1.54. The molecule has 0 aliphatic carbocycles. The van der Waals surface area contributed by atoms with E-state index in [0.717, 1.165) is 24.6 Å². The van der Waals surface area contributed by atoms with E-state index in [0.29, 0.717) is 17.0 Å². The molecule has 0 spiro atoms. The number of hydrogen-bond acceptors (Lipinski definition) is 5. The zero-order chi connectivity index (χ0) is 17.8. The molecule has 3 N–H and O–H groups in total. The zero-order valence-corrected chi connectivity index (χ0v) is 13.2. The average molecular weight is 349 g/mol. The third-order valence-electron chi connectivity index (χ3n) is 3.75. The van der Waals surface area contributed by atoms with E-state index in [1.54, 1.807) is 12.1 Å². The lowest BCUT2D eigenvalue weighted by Gasteiger charge is -2.07. The summed E-state index contributed by atoms with van der Waals surface area (Å²) in [5, 5.41) is 6.15. The number of nitrogens with one attached hydrogen (secondary N) is 1. The summed E-state index contributed by atoms with van der Waals surface area (Å²) in [6.45, 7) is -2.27. The van der Waals surface area contributed by atoms with Crippen molar-refractivity contribution in [3.8, 4) is 0 Å². The molecule has 0 saturated heterocycles. The van der Waals surface area contributed by atoms with Crippen LogP contribution >= 0.6 is 0 Å². The Hall–Kier alpha value is -2.97. The predicted molar refractivity (Wildman–Crippen MR) is 87.6 cm³/mol. The molecule has 1 amide bonds. The second kappa shape index (κ2) is 7.29. The molecule has 1 aliphatic rings. The number of ether oxygens (including phenoxy) is 1. The highest BCUT2D eigenvalue weighted by Crippen LogP contribution is 2.16. The first-order valence-electron chi connectivity index (χ1n) is 7.71. The molecule has 9 heteroatoms. The van der Waals surface area contributed by atoms with Crippen LogP contribution in [-0.4, -0.2) is 34.4 Å². The Morgan fingerprint density at radius 2 is 2.12 bits per heavy atom. The molecule has 3 rings (SSSR count). The number of nitrogens with two attached hydrogens (primary N) is 1. The number of benzene rings is 1. The van der Waals surface area contributed by atoms with Crippen molar-refractivity contribution >= 4 is 17.6 Å². The first kappa shape index (κ1) is 16.9. The van der Waals surface area contributed by atoms with Gasteiger partial charge in [-0.2, -0.15) is 13.9 Å². The first-order valence-corrected chi connectivity index (χ1v) is 7.71. The monoisotopic (exact) mass is 349 g/mol. The van der Waals surface area contributed by atoms with Crippen LogP contribution in [0.5, 0.6) is 0 Å². The lowest BCUT2D eigenvalue weighted by Crippen LogP contribution is -2.13. The van der Waals surface area contributed by atoms with Gasteiger partial charge in [-0.1, -0.05) is 12.1 Å². The predicted octanol–water partition coefficient (Wildman–Crippen LogP) is 2.18. The van der Waals surface area contributed by atoms with Gasteiger partial charge in [0.1, 0.15) is 6.61 Å². The van der Waals surface area contributed by atoms with E-state index >= 15 is 0 Å². The van der Waals surface area contributed by atoms with Crippen LogP contribution in [0.2, 0.25) is 0 Å². The van der Waals surface area contributed by atoms with E-state index in [-0.39, 0.29) is 17.8 Å². The van der Waals surface area contributed by atoms with Gasteiger partial charge in [-0.3, -0.25) is 4.79 Å². The summed E-state index contributed by atoms with van der Waals surface area (Å²) in [5.74, 6) is -0.542. The number of rotatable bonds is 6. The zero-order valence-electron chi connectivity index (χ0n) is 13.2. The number of halogens is 2. The minimum Gasteiger partial charge on any atom is -0.463 e. The molecule has 0 saturated carbocycles. The molecule has 1 atom stereocenters. The minimum atomic E-state index is -2.77. The van der Waals surface area contributed by atoms with Crippen LogP contribution < -0.4 is 11.1 Å². The number of anilines is 1. The molecule has 7 nitrogen and oxygen atoms in total. The summed E-state index contributed by atoms with van der Waals surface area (Å²) in [6, 6.07) is 8.82. The molecule has 0 radical (unpaired) electrons. The minimum absolute atomic E-state index is 0.0685. The highest BCUT2D eigenvalue weighted by Gasteiger charge is 2.16. The maximum absolute atomic E-state index is 12.5. The molecule has 0 fully saturated rings. The van der Waals surface area contributed by atoms with Gasteiger partial charge in [0, 0.05) is 11.9 Å². The number of aryl methyl sites for hydroxylation is 1. The number of carbonyl (C=O) groups excluding carboxylic acids is 1. The Morgan fingerprint density at radius 1 is 1.36 bits per heavy atom. The third-order valence-corrected chi connectivity index (χ3v) is 3.75. The average Bonchev–Trinajstić information content (AvgIpc) is 3.23. The molecule has 25 heavy (non-hydrogen) atoms. The fraction of sp³-hybridized carbons (Fsp3) is 0.312. The van der Waals surface area contributed by atoms with E-state index in [9.17, 15) is 13.6 Å². The molecule has 1 aliphatic heterocycles. The van der Waals surface area contributed by atoms with Gasteiger partial charge < -0.3 is 15.8 Å². The van der Waals surface area contributed by atoms with Gasteiger partial charge in [-0.15, -0.1) is 0 Å². The number of alkyl halides is 2. The van der Waals surface area contributed by atoms with Crippen molar-refractivity contribution in [2.24, 2.45) is 10.7 Å². The van der Waals surface area contributed by atoms with E-state index in [1.807, 2.05) is 12.1 Å². The van der Waals surface area contributed by atoms with Crippen molar-refractivity contribution in [2.45, 2.75) is 25.4 Å². The lowest BCUT2D eigenvalue weighted by molar-refractivity contribution is 0.0561. The molecule has 0 bridgehead atoms. The van der Waals surface area contributed by atoms with Crippen LogP contribution in [0.15, 0.2) is 41.5 Å². The van der Waals surface area contributed by atoms with Crippen LogP contribution in [0.4, 0.5) is 14.5 Å². The highest BCUT2D eigenvalue weighted by atomic mass is 19.3. The number of aliphatic imine (C=N–C) groups is 1. The SMILES string of the molecule is NC1=NC(CCc2ccc(NC(=O)c3ccn(C(F)F)n3)cc2)CO1. The normalized spacial score (nSPS) is 16.6. The molecule has 2 heterocycles. The summed E-state index contributed by atoms with van der Waals surface area (Å²) < 4.78 is 30.5. The molecule has 2 aromatic rings. The number of aromatic nitrogens is 2. The Labute approximate surface area is 142 Å². The van der Waals surface area contributed by atoms with Gasteiger partial charge in [0.2, 0.25) is 0 Å². The Kier molecular flexibility index (Phi) is 4.92. The van der Waals surface area contributed by atoms with Gasteiger partial charge in [0.05, 0.1) is 6.04 Å². The highest BCUT2D eigenvalue weighted by molar-refractivity contribution is 6.02. The van der Waals surface area contributed by atoms with E-state index in [2.05, 4.69) is 15.4 Å². The molecule has 1 aromatic carbocycles. The van der Waals surface area contributed by atoms with Crippen molar-refractivity contribution in [3.63, 3.8) is 0 Å². The quantitative estimate of drug-likeness (QED) is 0.836. The van der Waals surface area contributed by atoms with E-state index in [1.165, 1.54) is 6.07 Å². The van der Waals surface area contributed by atoms with Gasteiger partial charge in [0.15, 0.2) is 5.69 Å². The number of hydrogen-bond donors (Lipinski definition) is 2. The van der Waals surface area contributed by atoms with Crippen molar-refractivity contribution < 1.29 is 18.3 Å². The van der Waals surface area contributed by atoms with Crippen molar-refractivity contribution in [1.82, 2.24) is 9.78 Å². The number of amidine groups is 1. The Bertz CT molecular complexity index is 773. The first-order chi connectivity index (χ1) is 12.0. The third kappa shape index (κ3) is 4.31. The van der Waals surface area contributed by atoms with Crippen LogP contribution in [0.3, 0.4) is 0 Å². The van der Waals surface area contributed by atoms with Crippen LogP contribution in [0.1, 0.15) is 29.0 Å². The number of carbonyl (C=O) groups is 1. The van der Waals surface area contributed by atoms with Crippen molar-refractivity contribution in [3.05, 3.63) is 47.8 Å². The standard InChI is InChI=1S/C16H17F2N5O2/c17-15(18)23-8-7-13(22-23)14(24)20-11-4-1-10(2-5-11)3-6-12-9-25-16(19)21-12/h1-2,4-5,7-8,12,15H,3,6,9H2,(H2,19,21)(H,20,24). The van der Waals surface area contributed by atoms with Crippen LogP contribution in [0.25, 0.3) is 0 Å². The molecule has 132 valence electrons. The van der Waals surface area contributed by atoms with Crippen molar-refractivity contribution in [2.75, 3.05) is 11.9 Å². The van der Waals surface area contributed by atoms with Crippen molar-refractivity contribution in [1.29, 1.82) is 0 Å². The van der Waals surface area contributed by atoms with Gasteiger partial charge in [-0.25, -0.2) is 9.67 Å². The summed E-state index contributed by atoms with van der Waals surface area (Å²) >= 11 is 0. The van der Waals surface area contributed by atoms with Crippen LogP contribution in [-0.2, 0) is 11.2 Å². The molecule has 1 unspecified atom stereocenters. The Morgan fingerprint density at radius 3 is 2.72 bits per heavy atom. The molecule has 1 aromatic heterocycles. The smallest absolute Gasteiger partial charge is 0.333 e. The maximum atomic E-state index is 12.5. The van der Waals surface area contributed by atoms with Gasteiger partial charge in [0.25, 0.3) is 11.9 Å². The maximum Gasteiger partial charge on any atom is 0.333 e. The second-order valence-electron chi connectivity index (χ2n) is 5.58. The van der Waals surface area contributed by atoms with E-state index in [4.69, 9.17) is 10.5 Å². The summed E-state index contributed by atoms with van der Waals surface area (Å²) in [6.07, 6.45) is 2.68. The largest absolute Gasteiger partial charge is 0.463 e. The lowest BCUT2D eigenvalue weighted by atomic mass is 10.1. The van der Waals surface area contributed by atoms with Crippen LogP contribution in [0, 0.1) is 0 Å². The van der Waals surface area contributed by atoms with E-state index < -0.39 is 12.5 Å². The fourth-order valence-electron chi connectivity index (χ4n) is 2.43. The van der Waals surface area contributed by atoms with Gasteiger partial charge in [-0.05, 0) is 36.6 Å². The topological polar surface area (TPSA) is 94.5 Å². The molecular formula is C16H17F2N5O2. The fourth-order valence-corrected chi connectivity index (χ4v) is 2.43. The summed E-state index contributed by atoms with van der Waals surface area (Å²) in [5.41, 5.74) is 7.04.